The lowest BCUT2D eigenvalue weighted by molar-refractivity contribution is 0.422. The van der Waals surface area contributed by atoms with Crippen LogP contribution in [0.25, 0.3) is 0 Å². The largest absolute Gasteiger partial charge is 0.383 e. The number of hydrogen-bond donors (Lipinski definition) is 3. The van der Waals surface area contributed by atoms with Gasteiger partial charge in [0.1, 0.15) is 5.82 Å². The maximum Gasteiger partial charge on any atom is 0.128 e. The molecule has 16 heavy (non-hydrogen) atoms. The minimum Gasteiger partial charge on any atom is -0.383 e. The molecular weight excluding hydrogens is 200 g/mol. The summed E-state index contributed by atoms with van der Waals surface area (Å²) in [6.45, 7) is 6.56. The van der Waals surface area contributed by atoms with E-state index >= 15 is 0 Å². The zero-order valence-corrected chi connectivity index (χ0v) is 10.1. The van der Waals surface area contributed by atoms with Crippen molar-refractivity contribution in [2.45, 2.75) is 33.2 Å². The highest BCUT2D eigenvalue weighted by atomic mass is 15.2. The smallest absolute Gasteiger partial charge is 0.128 e. The molecule has 2 atom stereocenters. The summed E-state index contributed by atoms with van der Waals surface area (Å²) in [5.41, 5.74) is 11.4. The van der Waals surface area contributed by atoms with Crippen LogP contribution in [0.2, 0.25) is 0 Å². The highest BCUT2D eigenvalue weighted by Gasteiger charge is 2.51. The molecule has 4 nitrogen and oxygen atoms in total. The molecule has 1 aromatic rings. The highest BCUT2D eigenvalue weighted by molar-refractivity contribution is 5.47. The molecule has 1 saturated carbocycles. The number of nitrogen functional groups attached to an aromatic ring is 1. The molecule has 0 saturated heterocycles. The lowest BCUT2D eigenvalue weighted by Crippen LogP contribution is -2.32. The molecule has 0 aliphatic heterocycles. The number of nitrogens with two attached hydrogens (primary N) is 2. The van der Waals surface area contributed by atoms with Gasteiger partial charge in [0.05, 0.1) is 6.04 Å². The lowest BCUT2D eigenvalue weighted by atomic mass is 9.95. The number of pyridine rings is 1. The fraction of sp³-hybridized carbons (Fsp3) is 0.583. The van der Waals surface area contributed by atoms with Crippen LogP contribution in [0.1, 0.15) is 37.4 Å². The lowest BCUT2D eigenvalue weighted by Gasteiger charge is -2.21. The van der Waals surface area contributed by atoms with Crippen molar-refractivity contribution in [3.05, 3.63) is 23.4 Å². The second-order valence-electron chi connectivity index (χ2n) is 5.37. The Morgan fingerprint density at radius 3 is 2.62 bits per heavy atom. The van der Waals surface area contributed by atoms with Crippen molar-refractivity contribution in [2.75, 3.05) is 5.73 Å². The predicted octanol–water partition coefficient (Wildman–Crippen LogP) is 1.52. The quantitative estimate of drug-likeness (QED) is 0.533. The van der Waals surface area contributed by atoms with Gasteiger partial charge in [-0.2, -0.15) is 0 Å². The van der Waals surface area contributed by atoms with Crippen LogP contribution in [0.15, 0.2) is 12.3 Å². The molecule has 0 amide bonds. The molecule has 5 N–H and O–H groups in total. The van der Waals surface area contributed by atoms with Crippen molar-refractivity contribution < 1.29 is 0 Å². The Bertz CT molecular complexity index is 380. The summed E-state index contributed by atoms with van der Waals surface area (Å²) in [5.74, 6) is 6.80. The Morgan fingerprint density at radius 1 is 1.56 bits per heavy atom. The second kappa shape index (κ2) is 3.71. The van der Waals surface area contributed by atoms with Gasteiger partial charge < -0.3 is 5.73 Å². The van der Waals surface area contributed by atoms with Gasteiger partial charge in [0, 0.05) is 11.8 Å². The van der Waals surface area contributed by atoms with Crippen molar-refractivity contribution in [3.8, 4) is 0 Å². The van der Waals surface area contributed by atoms with E-state index in [4.69, 9.17) is 11.6 Å². The molecule has 1 aliphatic carbocycles. The monoisotopic (exact) mass is 220 g/mol. The molecule has 1 heterocycles. The van der Waals surface area contributed by atoms with Crippen molar-refractivity contribution in [1.82, 2.24) is 10.4 Å². The third-order valence-electron chi connectivity index (χ3n) is 3.72. The Morgan fingerprint density at radius 2 is 2.19 bits per heavy atom. The fourth-order valence-corrected chi connectivity index (χ4v) is 2.47. The van der Waals surface area contributed by atoms with Crippen LogP contribution in [0, 0.1) is 18.3 Å². The molecule has 88 valence electrons. The van der Waals surface area contributed by atoms with Gasteiger partial charge in [-0.15, -0.1) is 0 Å². The molecule has 2 unspecified atom stereocenters. The van der Waals surface area contributed by atoms with Gasteiger partial charge in [-0.3, -0.25) is 11.3 Å². The van der Waals surface area contributed by atoms with Gasteiger partial charge >= 0.3 is 0 Å². The number of hydrazine groups is 1. The first-order valence-corrected chi connectivity index (χ1v) is 5.64. The van der Waals surface area contributed by atoms with E-state index in [0.29, 0.717) is 17.2 Å². The average molecular weight is 220 g/mol. The van der Waals surface area contributed by atoms with E-state index in [1.165, 1.54) is 6.42 Å². The van der Waals surface area contributed by atoms with E-state index in [1.807, 2.05) is 13.0 Å². The summed E-state index contributed by atoms with van der Waals surface area (Å²) in [4.78, 5) is 4.15. The van der Waals surface area contributed by atoms with Crippen LogP contribution in [0.3, 0.4) is 0 Å². The Kier molecular flexibility index (Phi) is 2.64. The number of aromatic nitrogens is 1. The number of aryl methyl sites for hydroxylation is 1. The van der Waals surface area contributed by atoms with Gasteiger partial charge in [-0.05, 0) is 36.3 Å². The van der Waals surface area contributed by atoms with Crippen LogP contribution in [0.4, 0.5) is 5.82 Å². The van der Waals surface area contributed by atoms with Crippen molar-refractivity contribution >= 4 is 5.82 Å². The van der Waals surface area contributed by atoms with E-state index in [9.17, 15) is 0 Å². The predicted molar refractivity (Wildman–Crippen MR) is 65.3 cm³/mol. The molecule has 1 fully saturated rings. The topological polar surface area (TPSA) is 77.0 Å². The third kappa shape index (κ3) is 1.79. The SMILES string of the molecule is Cc1ccnc(N)c1C(NN)C1CC1(C)C. The van der Waals surface area contributed by atoms with Gasteiger partial charge in [0.2, 0.25) is 0 Å². The van der Waals surface area contributed by atoms with Crippen LogP contribution < -0.4 is 17.0 Å². The summed E-state index contributed by atoms with van der Waals surface area (Å²) in [6, 6.07) is 2.09. The normalized spacial score (nSPS) is 24.1. The third-order valence-corrected chi connectivity index (χ3v) is 3.72. The van der Waals surface area contributed by atoms with Gasteiger partial charge in [0.25, 0.3) is 0 Å². The van der Waals surface area contributed by atoms with Crippen LogP contribution in [0.5, 0.6) is 0 Å². The van der Waals surface area contributed by atoms with Gasteiger partial charge in [0.15, 0.2) is 0 Å². The first-order chi connectivity index (χ1) is 7.47. The van der Waals surface area contributed by atoms with E-state index < -0.39 is 0 Å². The maximum absolute atomic E-state index is 5.95. The number of anilines is 1. The molecule has 0 aromatic carbocycles. The highest BCUT2D eigenvalue weighted by Crippen LogP contribution is 2.58. The standard InChI is InChI=1S/C12H20N4/c1-7-4-5-15-11(13)9(7)10(16-14)8-6-12(8,2)3/h4-5,8,10,16H,6,14H2,1-3H3,(H2,13,15). The molecule has 4 heteroatoms. The Hall–Kier alpha value is -1.13. The van der Waals surface area contributed by atoms with Gasteiger partial charge in [-0.1, -0.05) is 13.8 Å². The van der Waals surface area contributed by atoms with Crippen LogP contribution in [-0.2, 0) is 0 Å². The number of rotatable bonds is 3. The molecule has 0 bridgehead atoms. The zero-order valence-electron chi connectivity index (χ0n) is 10.1. The zero-order chi connectivity index (χ0) is 11.9. The molecule has 0 radical (unpaired) electrons. The minimum absolute atomic E-state index is 0.115. The number of nitrogens with zero attached hydrogens (tertiary/aromatic N) is 1. The van der Waals surface area contributed by atoms with Crippen LogP contribution >= 0.6 is 0 Å². The van der Waals surface area contributed by atoms with Crippen molar-refractivity contribution in [3.63, 3.8) is 0 Å². The van der Waals surface area contributed by atoms with Crippen LogP contribution in [-0.4, -0.2) is 4.98 Å². The fourth-order valence-electron chi connectivity index (χ4n) is 2.47. The Balaban J connectivity index is 2.35. The summed E-state index contributed by atoms with van der Waals surface area (Å²) in [6.07, 6.45) is 2.91. The second-order valence-corrected chi connectivity index (χ2v) is 5.37. The molecular formula is C12H20N4. The minimum atomic E-state index is 0.115. The average Bonchev–Trinajstić information content (AvgIpc) is 2.81. The van der Waals surface area contributed by atoms with E-state index in [-0.39, 0.29) is 6.04 Å². The molecule has 2 rings (SSSR count). The summed E-state index contributed by atoms with van der Waals surface area (Å²) < 4.78 is 0. The van der Waals surface area contributed by atoms with Gasteiger partial charge in [-0.25, -0.2) is 4.98 Å². The molecule has 0 spiro atoms. The maximum atomic E-state index is 5.95. The first kappa shape index (κ1) is 11.4. The summed E-state index contributed by atoms with van der Waals surface area (Å²) in [5, 5.41) is 0. The number of hydrogen-bond acceptors (Lipinski definition) is 4. The molecule has 1 aliphatic rings. The van der Waals surface area contributed by atoms with E-state index in [0.717, 1.165) is 11.1 Å². The van der Waals surface area contributed by atoms with E-state index in [1.54, 1.807) is 6.20 Å². The van der Waals surface area contributed by atoms with Crippen molar-refractivity contribution in [2.24, 2.45) is 17.2 Å². The van der Waals surface area contributed by atoms with Crippen molar-refractivity contribution in [1.29, 1.82) is 0 Å². The first-order valence-electron chi connectivity index (χ1n) is 5.64. The summed E-state index contributed by atoms with van der Waals surface area (Å²) >= 11 is 0. The Labute approximate surface area is 96.4 Å². The summed E-state index contributed by atoms with van der Waals surface area (Å²) in [7, 11) is 0. The molecule has 1 aromatic heterocycles. The van der Waals surface area contributed by atoms with E-state index in [2.05, 4.69) is 24.3 Å². The number of nitrogens with one attached hydrogen (secondary N) is 1.